The van der Waals surface area contributed by atoms with E-state index in [1.54, 1.807) is 30.3 Å². The molecule has 3 N–H and O–H groups in total. The summed E-state index contributed by atoms with van der Waals surface area (Å²) in [4.78, 5) is 33.2. The van der Waals surface area contributed by atoms with Crippen LogP contribution in [-0.2, 0) is 20.8 Å². The van der Waals surface area contributed by atoms with Crippen LogP contribution in [-0.4, -0.2) is 28.9 Å². The lowest BCUT2D eigenvalue weighted by Gasteiger charge is -2.13. The van der Waals surface area contributed by atoms with Crippen LogP contribution in [0.2, 0.25) is 0 Å². The molecular weight excluding hydrogens is 274 g/mol. The Morgan fingerprint density at radius 2 is 1.90 bits per heavy atom. The van der Waals surface area contributed by atoms with Crippen LogP contribution in [0.4, 0.5) is 5.69 Å². The molecule has 1 atom stereocenters. The highest BCUT2D eigenvalue weighted by Gasteiger charge is 2.18. The van der Waals surface area contributed by atoms with E-state index in [1.807, 2.05) is 0 Å². The average molecular weight is 289 g/mol. The zero-order valence-corrected chi connectivity index (χ0v) is 11.4. The number of carbonyl (C=O) groups is 3. The average Bonchev–Trinajstić information content (AvgIpc) is 2.39. The normalized spacial score (nSPS) is 11.0. The number of hydrogen-bond acceptors (Lipinski definition) is 4. The van der Waals surface area contributed by atoms with Gasteiger partial charge in [-0.1, -0.05) is 12.1 Å². The van der Waals surface area contributed by atoms with Crippen molar-refractivity contribution >= 4 is 23.5 Å². The zero-order chi connectivity index (χ0) is 15.8. The van der Waals surface area contributed by atoms with Crippen LogP contribution >= 0.6 is 0 Å². The van der Waals surface area contributed by atoms with E-state index >= 15 is 0 Å². The molecule has 0 aliphatic heterocycles. The molecular formula is C14H15N3O4. The summed E-state index contributed by atoms with van der Waals surface area (Å²) < 4.78 is 0. The molecule has 1 aromatic rings. The second kappa shape index (κ2) is 7.65. The van der Waals surface area contributed by atoms with Gasteiger partial charge in [0.1, 0.15) is 12.5 Å². The second-order valence-corrected chi connectivity index (χ2v) is 4.38. The minimum absolute atomic E-state index is 0.140. The molecule has 1 rings (SSSR count). The molecule has 110 valence electrons. The molecule has 0 bridgehead atoms. The Hall–Kier alpha value is -2.88. The fraction of sp³-hybridized carbons (Fsp3) is 0.286. The molecule has 1 aromatic carbocycles. The minimum Gasteiger partial charge on any atom is -0.480 e. The van der Waals surface area contributed by atoms with Gasteiger partial charge in [-0.05, 0) is 17.7 Å². The van der Waals surface area contributed by atoms with Crippen LogP contribution in [0.3, 0.4) is 0 Å². The fourth-order valence-electron chi connectivity index (χ4n) is 1.68. The first kappa shape index (κ1) is 16.2. The Labute approximate surface area is 121 Å². The van der Waals surface area contributed by atoms with E-state index in [4.69, 9.17) is 10.4 Å². The fourth-order valence-corrected chi connectivity index (χ4v) is 1.68. The Morgan fingerprint density at radius 1 is 1.29 bits per heavy atom. The zero-order valence-electron chi connectivity index (χ0n) is 11.4. The summed E-state index contributed by atoms with van der Waals surface area (Å²) in [6.07, 6.45) is -0.0906. The van der Waals surface area contributed by atoms with Crippen LogP contribution < -0.4 is 10.6 Å². The van der Waals surface area contributed by atoms with Gasteiger partial charge in [0.05, 0.1) is 6.07 Å². The highest BCUT2D eigenvalue weighted by molar-refractivity contribution is 5.92. The summed E-state index contributed by atoms with van der Waals surface area (Å²) in [5.41, 5.74) is 1.22. The van der Waals surface area contributed by atoms with Crippen LogP contribution in [0.1, 0.15) is 18.9 Å². The van der Waals surface area contributed by atoms with Crippen LogP contribution in [0.25, 0.3) is 0 Å². The van der Waals surface area contributed by atoms with E-state index in [0.717, 1.165) is 0 Å². The van der Waals surface area contributed by atoms with E-state index in [9.17, 15) is 14.4 Å². The lowest BCUT2D eigenvalue weighted by molar-refractivity contribution is -0.141. The third kappa shape index (κ3) is 5.74. The molecule has 21 heavy (non-hydrogen) atoms. The maximum Gasteiger partial charge on any atom is 0.326 e. The van der Waals surface area contributed by atoms with Crippen molar-refractivity contribution in [3.8, 4) is 6.07 Å². The molecule has 0 radical (unpaired) electrons. The molecule has 0 aliphatic carbocycles. The summed E-state index contributed by atoms with van der Waals surface area (Å²) in [6, 6.07) is 7.26. The molecule has 0 aromatic heterocycles. The molecule has 7 heteroatoms. The summed E-state index contributed by atoms with van der Waals surface area (Å²) in [5.74, 6) is -1.94. The van der Waals surface area contributed by atoms with Crippen molar-refractivity contribution in [2.75, 3.05) is 5.32 Å². The standard InChI is InChI=1S/C14H15N3O4/c1-9(18)16-12(14(20)21)8-10-2-4-11(5-3-10)17-13(19)6-7-15/h2-5,12H,6,8H2,1H3,(H,16,18)(H,17,19)(H,20,21). The maximum absolute atomic E-state index is 11.2. The summed E-state index contributed by atoms with van der Waals surface area (Å²) in [7, 11) is 0. The predicted molar refractivity (Wildman–Crippen MR) is 74.2 cm³/mol. The van der Waals surface area contributed by atoms with Gasteiger partial charge < -0.3 is 15.7 Å². The number of carbonyl (C=O) groups excluding carboxylic acids is 2. The number of anilines is 1. The smallest absolute Gasteiger partial charge is 0.326 e. The molecule has 0 saturated heterocycles. The Bertz CT molecular complexity index is 575. The monoisotopic (exact) mass is 289 g/mol. The van der Waals surface area contributed by atoms with E-state index < -0.39 is 23.8 Å². The van der Waals surface area contributed by atoms with Crippen molar-refractivity contribution in [2.24, 2.45) is 0 Å². The number of nitrogens with one attached hydrogen (secondary N) is 2. The molecule has 7 nitrogen and oxygen atoms in total. The quantitative estimate of drug-likeness (QED) is 0.711. The summed E-state index contributed by atoms with van der Waals surface area (Å²) in [6.45, 7) is 1.25. The van der Waals surface area contributed by atoms with Gasteiger partial charge in [0.15, 0.2) is 0 Å². The Morgan fingerprint density at radius 3 is 2.38 bits per heavy atom. The van der Waals surface area contributed by atoms with Crippen molar-refractivity contribution in [3.63, 3.8) is 0 Å². The van der Waals surface area contributed by atoms with Gasteiger partial charge in [0.2, 0.25) is 11.8 Å². The highest BCUT2D eigenvalue weighted by atomic mass is 16.4. The number of carboxylic acid groups (broad SMARTS) is 1. The number of nitrogens with zero attached hydrogens (tertiary/aromatic N) is 1. The van der Waals surface area contributed by atoms with E-state index in [0.29, 0.717) is 11.3 Å². The van der Waals surface area contributed by atoms with Gasteiger partial charge in [-0.2, -0.15) is 5.26 Å². The molecule has 2 amide bonds. The van der Waals surface area contributed by atoms with Gasteiger partial charge >= 0.3 is 5.97 Å². The minimum atomic E-state index is -1.11. The molecule has 0 spiro atoms. The van der Waals surface area contributed by atoms with Crippen molar-refractivity contribution in [3.05, 3.63) is 29.8 Å². The maximum atomic E-state index is 11.2. The van der Waals surface area contributed by atoms with Crippen LogP contribution in [0, 0.1) is 11.3 Å². The first-order chi connectivity index (χ1) is 9.92. The molecule has 0 saturated carbocycles. The van der Waals surface area contributed by atoms with Crippen LogP contribution in [0.5, 0.6) is 0 Å². The topological polar surface area (TPSA) is 119 Å². The molecule has 0 fully saturated rings. The number of rotatable bonds is 6. The van der Waals surface area contributed by atoms with Crippen molar-refractivity contribution in [2.45, 2.75) is 25.8 Å². The number of carboxylic acids is 1. The number of nitriles is 1. The first-order valence-electron chi connectivity index (χ1n) is 6.18. The lowest BCUT2D eigenvalue weighted by atomic mass is 10.1. The molecule has 0 aliphatic rings. The number of hydrogen-bond donors (Lipinski definition) is 3. The van der Waals surface area contributed by atoms with Crippen molar-refractivity contribution in [1.29, 1.82) is 5.26 Å². The van der Waals surface area contributed by atoms with Crippen molar-refractivity contribution < 1.29 is 19.5 Å². The van der Waals surface area contributed by atoms with Gasteiger partial charge in [-0.15, -0.1) is 0 Å². The summed E-state index contributed by atoms with van der Waals surface area (Å²) >= 11 is 0. The predicted octanol–water partition coefficient (Wildman–Crippen LogP) is 0.671. The third-order valence-electron chi connectivity index (χ3n) is 2.59. The van der Waals surface area contributed by atoms with Gasteiger partial charge in [-0.3, -0.25) is 9.59 Å². The number of benzene rings is 1. The second-order valence-electron chi connectivity index (χ2n) is 4.38. The third-order valence-corrected chi connectivity index (χ3v) is 2.59. The van der Waals surface area contributed by atoms with Gasteiger partial charge in [0.25, 0.3) is 0 Å². The highest BCUT2D eigenvalue weighted by Crippen LogP contribution is 2.11. The van der Waals surface area contributed by atoms with E-state index in [2.05, 4.69) is 10.6 Å². The van der Waals surface area contributed by atoms with Gasteiger partial charge in [0, 0.05) is 19.0 Å². The Kier molecular flexibility index (Phi) is 5.89. The van der Waals surface area contributed by atoms with Gasteiger partial charge in [-0.25, -0.2) is 4.79 Å². The first-order valence-corrected chi connectivity index (χ1v) is 6.18. The molecule has 0 heterocycles. The van der Waals surface area contributed by atoms with E-state index in [1.165, 1.54) is 6.92 Å². The largest absolute Gasteiger partial charge is 0.480 e. The van der Waals surface area contributed by atoms with Crippen molar-refractivity contribution in [1.82, 2.24) is 5.32 Å². The number of aliphatic carboxylic acids is 1. The molecule has 1 unspecified atom stereocenters. The number of amides is 2. The van der Waals surface area contributed by atoms with Crippen LogP contribution in [0.15, 0.2) is 24.3 Å². The van der Waals surface area contributed by atoms with E-state index in [-0.39, 0.29) is 12.8 Å². The SMILES string of the molecule is CC(=O)NC(Cc1ccc(NC(=O)CC#N)cc1)C(=O)O. The summed E-state index contributed by atoms with van der Waals surface area (Å²) in [5, 5.41) is 22.3. The lowest BCUT2D eigenvalue weighted by Crippen LogP contribution is -2.41. The Balaban J connectivity index is 2.69.